The fraction of sp³-hybridized carbons (Fsp3) is 0.263. The zero-order chi connectivity index (χ0) is 20.3. The first-order valence-electron chi connectivity index (χ1n) is 8.53. The Morgan fingerprint density at radius 2 is 1.75 bits per heavy atom. The Bertz CT molecular complexity index is 889. The van der Waals surface area contributed by atoms with Crippen molar-refractivity contribution < 1.29 is 22.8 Å². The van der Waals surface area contributed by atoms with Gasteiger partial charge in [-0.1, -0.05) is 24.3 Å². The van der Waals surface area contributed by atoms with Crippen LogP contribution in [0.1, 0.15) is 6.42 Å². The Kier molecular flexibility index (Phi) is 5.93. The number of hydrogen-bond donors (Lipinski definition) is 2. The van der Waals surface area contributed by atoms with Crippen LogP contribution in [0.25, 0.3) is 0 Å². The molecule has 1 unspecified atom stereocenters. The largest absolute Gasteiger partial charge is 0.405 e. The minimum atomic E-state index is -4.39. The Hall–Kier alpha value is -2.55. The maximum Gasteiger partial charge on any atom is 0.405 e. The molecule has 1 fully saturated rings. The summed E-state index contributed by atoms with van der Waals surface area (Å²) >= 11 is 3.39. The fourth-order valence-corrected chi connectivity index (χ4v) is 3.49. The number of nitrogens with one attached hydrogen (secondary N) is 2. The van der Waals surface area contributed by atoms with Crippen LogP contribution in [0.15, 0.2) is 53.0 Å². The molecule has 1 saturated heterocycles. The van der Waals surface area contributed by atoms with E-state index in [1.54, 1.807) is 30.3 Å². The molecule has 1 aliphatic heterocycles. The van der Waals surface area contributed by atoms with E-state index in [0.717, 1.165) is 4.47 Å². The van der Waals surface area contributed by atoms with E-state index < -0.39 is 24.5 Å². The number of para-hydroxylation sites is 3. The van der Waals surface area contributed by atoms with Crippen LogP contribution >= 0.6 is 15.9 Å². The van der Waals surface area contributed by atoms with E-state index in [1.807, 2.05) is 6.07 Å². The van der Waals surface area contributed by atoms with Crippen molar-refractivity contribution in [3.8, 4) is 0 Å². The smallest absolute Gasteiger partial charge is 0.375 e. The van der Waals surface area contributed by atoms with Gasteiger partial charge in [0.1, 0.15) is 12.5 Å². The number of nitrogens with zero attached hydrogens (tertiary/aromatic N) is 1. The quantitative estimate of drug-likeness (QED) is 0.656. The second-order valence-corrected chi connectivity index (χ2v) is 7.14. The van der Waals surface area contributed by atoms with Crippen LogP contribution in [-0.4, -0.2) is 31.1 Å². The summed E-state index contributed by atoms with van der Waals surface area (Å²) in [5, 5.41) is 4.84. The molecule has 28 heavy (non-hydrogen) atoms. The van der Waals surface area contributed by atoms with Crippen LogP contribution in [0.3, 0.4) is 0 Å². The Labute approximate surface area is 168 Å². The van der Waals surface area contributed by atoms with E-state index in [0.29, 0.717) is 18.7 Å². The first-order chi connectivity index (χ1) is 13.3. The van der Waals surface area contributed by atoms with Crippen LogP contribution in [0, 0.1) is 5.92 Å². The normalized spacial score (nSPS) is 16.9. The molecule has 5 nitrogen and oxygen atoms in total. The van der Waals surface area contributed by atoms with Crippen LogP contribution in [-0.2, 0) is 9.59 Å². The topological polar surface area (TPSA) is 61.4 Å². The highest BCUT2D eigenvalue weighted by Gasteiger charge is 2.38. The molecular weight excluding hydrogens is 439 g/mol. The first kappa shape index (κ1) is 20.2. The molecule has 2 aromatic carbocycles. The minimum Gasteiger partial charge on any atom is -0.375 e. The molecule has 2 N–H and O–H groups in total. The summed E-state index contributed by atoms with van der Waals surface area (Å²) in [7, 11) is 0. The SMILES string of the molecule is O=C(Nc1ccccc1NCC(F)(F)F)C1CCN(c2ccccc2Br)C1=O. The zero-order valence-corrected chi connectivity index (χ0v) is 16.2. The third kappa shape index (κ3) is 4.64. The molecule has 0 aromatic heterocycles. The van der Waals surface area contributed by atoms with Crippen molar-refractivity contribution in [1.29, 1.82) is 0 Å². The summed E-state index contributed by atoms with van der Waals surface area (Å²) in [5.74, 6) is -1.78. The van der Waals surface area contributed by atoms with Crippen LogP contribution in [0.2, 0.25) is 0 Å². The van der Waals surface area contributed by atoms with E-state index >= 15 is 0 Å². The standard InChI is InChI=1S/C19H17BrF3N3O2/c20-13-5-1-4-8-16(13)26-10-9-12(18(26)28)17(27)25-15-7-3-2-6-14(15)24-11-19(21,22)23/h1-8,12,24H,9-11H2,(H,25,27). The molecule has 0 bridgehead atoms. The van der Waals surface area contributed by atoms with Gasteiger partial charge in [0.2, 0.25) is 11.8 Å². The molecule has 9 heteroatoms. The fourth-order valence-electron chi connectivity index (χ4n) is 2.99. The van der Waals surface area contributed by atoms with Gasteiger partial charge >= 0.3 is 6.18 Å². The Morgan fingerprint density at radius 1 is 1.11 bits per heavy atom. The van der Waals surface area contributed by atoms with Crippen LogP contribution in [0.4, 0.5) is 30.2 Å². The third-order valence-electron chi connectivity index (χ3n) is 4.33. The molecule has 0 radical (unpaired) electrons. The van der Waals surface area contributed by atoms with Crippen molar-refractivity contribution in [2.24, 2.45) is 5.92 Å². The maximum absolute atomic E-state index is 12.7. The Morgan fingerprint density at radius 3 is 2.43 bits per heavy atom. The van der Waals surface area contributed by atoms with E-state index in [-0.39, 0.29) is 17.3 Å². The second kappa shape index (κ2) is 8.22. The van der Waals surface area contributed by atoms with Crippen molar-refractivity contribution in [3.05, 3.63) is 53.0 Å². The molecule has 0 aliphatic carbocycles. The van der Waals surface area contributed by atoms with E-state index in [1.165, 1.54) is 17.0 Å². The van der Waals surface area contributed by atoms with Gasteiger partial charge in [0.25, 0.3) is 0 Å². The third-order valence-corrected chi connectivity index (χ3v) is 5.00. The number of rotatable bonds is 5. The number of carbonyl (C=O) groups is 2. The maximum atomic E-state index is 12.7. The number of halogens is 4. The molecule has 2 aromatic rings. The highest BCUT2D eigenvalue weighted by Crippen LogP contribution is 2.32. The van der Waals surface area contributed by atoms with E-state index in [4.69, 9.17) is 0 Å². The summed E-state index contributed by atoms with van der Waals surface area (Å²) in [6.45, 7) is -0.842. The number of anilines is 3. The highest BCUT2D eigenvalue weighted by molar-refractivity contribution is 9.10. The molecule has 1 heterocycles. The summed E-state index contributed by atoms with van der Waals surface area (Å²) < 4.78 is 38.1. The van der Waals surface area contributed by atoms with Crippen LogP contribution in [0.5, 0.6) is 0 Å². The summed E-state index contributed by atoms with van der Waals surface area (Å²) in [6, 6.07) is 13.3. The van der Waals surface area contributed by atoms with Crippen molar-refractivity contribution in [2.45, 2.75) is 12.6 Å². The van der Waals surface area contributed by atoms with Gasteiger partial charge in [-0.3, -0.25) is 9.59 Å². The highest BCUT2D eigenvalue weighted by atomic mass is 79.9. The number of benzene rings is 2. The average molecular weight is 456 g/mol. The lowest BCUT2D eigenvalue weighted by Crippen LogP contribution is -2.33. The van der Waals surface area contributed by atoms with Crippen molar-refractivity contribution >= 4 is 44.8 Å². The summed E-state index contributed by atoms with van der Waals surface area (Å²) in [6.07, 6.45) is -4.06. The monoisotopic (exact) mass is 455 g/mol. The lowest BCUT2D eigenvalue weighted by atomic mass is 10.1. The van der Waals surface area contributed by atoms with E-state index in [2.05, 4.69) is 26.6 Å². The van der Waals surface area contributed by atoms with Gasteiger partial charge < -0.3 is 15.5 Å². The number of carbonyl (C=O) groups excluding carboxylic acids is 2. The lowest BCUT2D eigenvalue weighted by molar-refractivity contribution is -0.129. The number of amides is 2. The van der Waals surface area contributed by atoms with Gasteiger partial charge in [-0.15, -0.1) is 0 Å². The molecule has 1 aliphatic rings. The predicted octanol–water partition coefficient (Wildman–Crippen LogP) is 4.41. The van der Waals surface area contributed by atoms with Crippen molar-refractivity contribution in [2.75, 3.05) is 28.6 Å². The summed E-state index contributed by atoms with van der Waals surface area (Å²) in [4.78, 5) is 26.9. The van der Waals surface area contributed by atoms with Crippen LogP contribution < -0.4 is 15.5 Å². The molecule has 148 valence electrons. The Balaban J connectivity index is 1.71. The molecule has 3 rings (SSSR count). The summed E-state index contributed by atoms with van der Waals surface area (Å²) in [5.41, 5.74) is 1.01. The van der Waals surface area contributed by atoms with Crippen molar-refractivity contribution in [1.82, 2.24) is 0 Å². The molecule has 0 saturated carbocycles. The van der Waals surface area contributed by atoms with Gasteiger partial charge in [0.15, 0.2) is 0 Å². The molecule has 2 amide bonds. The van der Waals surface area contributed by atoms with Gasteiger partial charge in [0.05, 0.1) is 17.1 Å². The van der Waals surface area contributed by atoms with Gasteiger partial charge in [-0.2, -0.15) is 13.2 Å². The second-order valence-electron chi connectivity index (χ2n) is 6.29. The lowest BCUT2D eigenvalue weighted by Gasteiger charge is -2.19. The number of hydrogen-bond acceptors (Lipinski definition) is 3. The van der Waals surface area contributed by atoms with Gasteiger partial charge in [-0.25, -0.2) is 0 Å². The number of alkyl halides is 3. The average Bonchev–Trinajstić information content (AvgIpc) is 3.02. The van der Waals surface area contributed by atoms with Gasteiger partial charge in [-0.05, 0) is 46.6 Å². The van der Waals surface area contributed by atoms with Gasteiger partial charge in [0, 0.05) is 11.0 Å². The molecule has 1 atom stereocenters. The zero-order valence-electron chi connectivity index (χ0n) is 14.6. The van der Waals surface area contributed by atoms with Crippen molar-refractivity contribution in [3.63, 3.8) is 0 Å². The minimum absolute atomic E-state index is 0.140. The molecular formula is C19H17BrF3N3O2. The molecule has 0 spiro atoms. The first-order valence-corrected chi connectivity index (χ1v) is 9.32. The predicted molar refractivity (Wildman–Crippen MR) is 104 cm³/mol. The van der Waals surface area contributed by atoms with E-state index in [9.17, 15) is 22.8 Å².